The predicted molar refractivity (Wildman–Crippen MR) is 186 cm³/mol. The average molecular weight is 949 g/mol. The molecule has 6 rings (SSSR count). The standard InChI is InChI=1S/2C17H9F6.C4H10Si.2CH3.Hf/c2*18-16(19,20)12-7-11(8-13(9-12)17(21,22)23)15-6-2-4-10-3-1-5-14(10)15;1-3-5-4-2;;;/h2*1-9H;3-4H2,1-2H3;2*1H3;. The molecule has 0 saturated carbocycles. The van der Waals surface area contributed by atoms with Crippen molar-refractivity contribution in [1.29, 1.82) is 0 Å². The minimum atomic E-state index is -5.03. The van der Waals surface area contributed by atoms with Gasteiger partial charge >= 0.3 is 307 Å². The molecule has 14 heteroatoms. The Balaban J connectivity index is 1.55. The predicted octanol–water partition coefficient (Wildman–Crippen LogP) is 14.7. The average Bonchev–Trinajstić information content (AvgIpc) is 3.73. The minimum absolute atomic E-state index is 0.0962. The summed E-state index contributed by atoms with van der Waals surface area (Å²) in [5.41, 5.74) is -4.33. The van der Waals surface area contributed by atoms with E-state index >= 15 is 0 Å². The number of hydrogen-bond acceptors (Lipinski definition) is 0. The van der Waals surface area contributed by atoms with Crippen molar-refractivity contribution in [1.82, 2.24) is 0 Å². The summed E-state index contributed by atoms with van der Waals surface area (Å²) < 4.78 is 171. The fourth-order valence-corrected chi connectivity index (χ4v) is 65.2. The van der Waals surface area contributed by atoms with Gasteiger partial charge in [-0.1, -0.05) is 0 Å². The van der Waals surface area contributed by atoms with Crippen molar-refractivity contribution in [3.8, 4) is 22.3 Å². The molecule has 2 aliphatic carbocycles. The van der Waals surface area contributed by atoms with E-state index in [1.54, 1.807) is 24.3 Å². The van der Waals surface area contributed by atoms with E-state index < -0.39 is 69.6 Å². The van der Waals surface area contributed by atoms with Crippen LogP contribution in [0.2, 0.25) is 21.4 Å². The van der Waals surface area contributed by atoms with Crippen LogP contribution >= 0.6 is 0 Å². The van der Waals surface area contributed by atoms with Crippen LogP contribution in [0, 0.1) is 0 Å². The Hall–Kier alpha value is -3.39. The van der Waals surface area contributed by atoms with Crippen LogP contribution in [-0.2, 0) is 41.8 Å². The first-order valence-electron chi connectivity index (χ1n) is 17.2. The second-order valence-corrected chi connectivity index (χ2v) is 61.2. The summed E-state index contributed by atoms with van der Waals surface area (Å²) in [5, 5.41) is 0. The van der Waals surface area contributed by atoms with Crippen molar-refractivity contribution in [2.75, 3.05) is 0 Å². The molecule has 0 fully saturated rings. The molecule has 0 bridgehead atoms. The topological polar surface area (TPSA) is 0 Å². The van der Waals surface area contributed by atoms with Gasteiger partial charge in [0.25, 0.3) is 0 Å². The van der Waals surface area contributed by atoms with E-state index in [-0.39, 0.29) is 41.7 Å². The van der Waals surface area contributed by atoms with Crippen molar-refractivity contribution in [2.45, 2.75) is 67.4 Å². The molecule has 0 aromatic heterocycles. The van der Waals surface area contributed by atoms with Gasteiger partial charge in [0, 0.05) is 0 Å². The molecule has 0 amide bonds. The first-order valence-corrected chi connectivity index (χ1v) is 35.8. The number of rotatable bonds is 6. The Morgan fingerprint density at radius 3 is 1.09 bits per heavy atom. The number of alkyl halides is 12. The van der Waals surface area contributed by atoms with E-state index in [4.69, 9.17) is 0 Å². The Bertz CT molecular complexity index is 2060. The fraction of sp³-hybridized carbons (Fsp3) is 0.300. The molecule has 54 heavy (non-hydrogen) atoms. The third-order valence-electron chi connectivity index (χ3n) is 11.5. The van der Waals surface area contributed by atoms with Crippen LogP contribution in [0.5, 0.6) is 0 Å². The van der Waals surface area contributed by atoms with E-state index in [9.17, 15) is 52.7 Å². The molecule has 4 aromatic rings. The second-order valence-electron chi connectivity index (χ2n) is 14.8. The van der Waals surface area contributed by atoms with Crippen LogP contribution < -0.4 is 0 Å². The number of benzene rings is 4. The van der Waals surface area contributed by atoms with Crippen molar-refractivity contribution < 1.29 is 69.8 Å². The van der Waals surface area contributed by atoms with E-state index in [1.165, 1.54) is 12.1 Å². The molecule has 0 N–H and O–H groups in total. The van der Waals surface area contributed by atoms with Crippen molar-refractivity contribution in [3.63, 3.8) is 0 Å². The zero-order chi connectivity index (χ0) is 39.8. The van der Waals surface area contributed by atoms with Gasteiger partial charge in [0.2, 0.25) is 0 Å². The monoisotopic (exact) mass is 950 g/mol. The van der Waals surface area contributed by atoms with Gasteiger partial charge in [-0.2, -0.15) is 0 Å². The van der Waals surface area contributed by atoms with E-state index in [2.05, 4.69) is 23.2 Å². The third kappa shape index (κ3) is 6.87. The Labute approximate surface area is 305 Å². The van der Waals surface area contributed by atoms with Crippen LogP contribution in [0.4, 0.5) is 52.7 Å². The molecule has 0 heterocycles. The van der Waals surface area contributed by atoms with Crippen LogP contribution in [0.25, 0.3) is 34.4 Å². The number of fused-ring (bicyclic) bond motifs is 2. The van der Waals surface area contributed by atoms with E-state index in [1.807, 2.05) is 24.3 Å². The van der Waals surface area contributed by atoms with Crippen LogP contribution in [0.1, 0.15) is 65.7 Å². The molecule has 4 aromatic carbocycles. The van der Waals surface area contributed by atoms with Crippen molar-refractivity contribution in [2.24, 2.45) is 0 Å². The summed E-state index contributed by atoms with van der Waals surface area (Å²) in [5.74, 6) is 0. The van der Waals surface area contributed by atoms with Gasteiger partial charge in [-0.3, -0.25) is 0 Å². The molecule has 0 saturated heterocycles. The zero-order valence-corrected chi connectivity index (χ0v) is 33.9. The number of hydrogen-bond donors (Lipinski definition) is 0. The normalized spacial score (nSPS) is 17.6. The van der Waals surface area contributed by atoms with Gasteiger partial charge in [0.1, 0.15) is 0 Å². The molecule has 0 nitrogen and oxygen atoms in total. The van der Waals surface area contributed by atoms with Crippen LogP contribution in [-0.4, -0.2) is 5.49 Å². The SMILES string of the molecule is CC[Si](CC)=[Hf]([CH3])([CH3])([CH]1C=Cc2c(-c3cc(C(F)(F)F)cc(C(F)(F)F)c3)cccc21)[CH]1C=Cc2c(-c3cc(C(F)(F)F)cc(C(F)(F)F)c3)cccc21. The van der Waals surface area contributed by atoms with Crippen molar-refractivity contribution in [3.05, 3.63) is 129 Å². The summed E-state index contributed by atoms with van der Waals surface area (Å²) in [6.45, 7) is 4.18. The Kier molecular flexibility index (Phi) is 9.98. The quantitative estimate of drug-likeness (QED) is 0.133. The molecular weight excluding hydrogens is 915 g/mol. The summed E-state index contributed by atoms with van der Waals surface area (Å²) in [4.78, 5) is 0. The summed E-state index contributed by atoms with van der Waals surface area (Å²) in [6.07, 6.45) is -12.6. The second kappa shape index (κ2) is 13.4. The van der Waals surface area contributed by atoms with Gasteiger partial charge in [0.05, 0.1) is 0 Å². The molecular formula is C40H34F12HfSi. The number of allylic oxidation sites excluding steroid dienone is 2. The Morgan fingerprint density at radius 1 is 0.500 bits per heavy atom. The third-order valence-corrected chi connectivity index (χ3v) is 69.6. The first-order chi connectivity index (χ1) is 24.9. The van der Waals surface area contributed by atoms with Gasteiger partial charge in [-0.15, -0.1) is 0 Å². The molecule has 0 aliphatic heterocycles. The molecule has 2 aliphatic rings. The Morgan fingerprint density at radius 2 is 0.815 bits per heavy atom. The van der Waals surface area contributed by atoms with E-state index in [0.29, 0.717) is 11.1 Å². The number of halogens is 12. The van der Waals surface area contributed by atoms with Gasteiger partial charge in [-0.05, 0) is 0 Å². The molecule has 0 spiro atoms. The molecule has 2 atom stereocenters. The van der Waals surface area contributed by atoms with Gasteiger partial charge in [0.15, 0.2) is 0 Å². The summed E-state index contributed by atoms with van der Waals surface area (Å²) in [7, 11) is 0. The fourth-order valence-electron chi connectivity index (χ4n) is 8.95. The van der Waals surface area contributed by atoms with Gasteiger partial charge < -0.3 is 0 Å². The molecule has 0 radical (unpaired) electrons. The van der Waals surface area contributed by atoms with E-state index in [0.717, 1.165) is 47.5 Å². The molecule has 2 unspecified atom stereocenters. The first kappa shape index (κ1) is 40.3. The maximum atomic E-state index is 13.9. The van der Waals surface area contributed by atoms with Crippen LogP contribution in [0.15, 0.2) is 84.9 Å². The summed E-state index contributed by atoms with van der Waals surface area (Å²) >= 11 is -4.68. The van der Waals surface area contributed by atoms with Crippen molar-refractivity contribution >= 4 is 17.6 Å². The van der Waals surface area contributed by atoms with Crippen LogP contribution in [0.3, 0.4) is 0 Å². The van der Waals surface area contributed by atoms with Gasteiger partial charge in [-0.25, -0.2) is 0 Å². The zero-order valence-electron chi connectivity index (χ0n) is 29.3. The summed E-state index contributed by atoms with van der Waals surface area (Å²) in [6, 6.07) is 14.7. The maximum absolute atomic E-state index is 13.9. The molecule has 286 valence electrons.